The van der Waals surface area contributed by atoms with Gasteiger partial charge in [-0.15, -0.1) is 5.10 Å². The van der Waals surface area contributed by atoms with Crippen LogP contribution in [0.3, 0.4) is 0 Å². The summed E-state index contributed by atoms with van der Waals surface area (Å²) in [6, 6.07) is 0. The van der Waals surface area contributed by atoms with Gasteiger partial charge in [-0.25, -0.2) is 0 Å². The van der Waals surface area contributed by atoms with Crippen LogP contribution >= 0.6 is 11.5 Å². The van der Waals surface area contributed by atoms with E-state index >= 15 is 0 Å². The predicted octanol–water partition coefficient (Wildman–Crippen LogP) is 1.69. The molecule has 0 atom stereocenters. The summed E-state index contributed by atoms with van der Waals surface area (Å²) in [6.07, 6.45) is 5.15. The van der Waals surface area contributed by atoms with Crippen LogP contribution in [0.25, 0.3) is 11.4 Å². The highest BCUT2D eigenvalue weighted by molar-refractivity contribution is 7.08. The minimum absolute atomic E-state index is 0.150. The average Bonchev–Trinajstić information content (AvgIpc) is 3.32. The van der Waals surface area contributed by atoms with Crippen molar-refractivity contribution in [3.05, 3.63) is 28.9 Å². The third kappa shape index (κ3) is 3.48. The summed E-state index contributed by atoms with van der Waals surface area (Å²) >= 11 is 1.09. The molecule has 3 aromatic rings. The SMILES string of the molecule is CCCc1nnsc1C(=O)NCc1nc(-c2cnn(CC)c2)no1. The number of aryl methyl sites for hydroxylation is 2. The fourth-order valence-electron chi connectivity index (χ4n) is 2.11. The Morgan fingerprint density at radius 3 is 3.04 bits per heavy atom. The molecule has 9 nitrogen and oxygen atoms in total. The van der Waals surface area contributed by atoms with Crippen molar-refractivity contribution in [1.29, 1.82) is 0 Å². The van der Waals surface area contributed by atoms with Gasteiger partial charge in [0, 0.05) is 12.7 Å². The summed E-state index contributed by atoms with van der Waals surface area (Å²) < 4.78 is 10.8. The van der Waals surface area contributed by atoms with E-state index in [9.17, 15) is 4.79 Å². The van der Waals surface area contributed by atoms with Gasteiger partial charge in [0.15, 0.2) is 0 Å². The largest absolute Gasteiger partial charge is 0.342 e. The second kappa shape index (κ2) is 7.30. The first-order valence-corrected chi connectivity index (χ1v) is 8.43. The molecule has 0 aliphatic rings. The highest BCUT2D eigenvalue weighted by Crippen LogP contribution is 2.15. The van der Waals surface area contributed by atoms with E-state index in [1.165, 1.54) is 0 Å². The van der Waals surface area contributed by atoms with Crippen LogP contribution in [0, 0.1) is 0 Å². The summed E-state index contributed by atoms with van der Waals surface area (Å²) in [5.41, 5.74) is 1.49. The predicted molar refractivity (Wildman–Crippen MR) is 86.3 cm³/mol. The van der Waals surface area contributed by atoms with E-state index in [0.29, 0.717) is 16.6 Å². The van der Waals surface area contributed by atoms with Gasteiger partial charge in [0.1, 0.15) is 4.88 Å². The number of carbonyl (C=O) groups excluding carboxylic acids is 1. The molecular weight excluding hydrogens is 330 g/mol. The molecule has 0 aliphatic carbocycles. The molecule has 10 heteroatoms. The molecule has 0 fully saturated rings. The first kappa shape index (κ1) is 16.2. The van der Waals surface area contributed by atoms with Crippen LogP contribution in [0.15, 0.2) is 16.9 Å². The molecule has 0 unspecified atom stereocenters. The standard InChI is InChI=1S/C14H17N7O2S/c1-3-5-10-12(24-20-18-10)14(22)15-7-11-17-13(19-23-11)9-6-16-21(4-2)8-9/h6,8H,3-5,7H2,1-2H3,(H,15,22). The van der Waals surface area contributed by atoms with Gasteiger partial charge in [-0.1, -0.05) is 23.0 Å². The molecule has 0 saturated carbocycles. The molecule has 0 aliphatic heterocycles. The number of aromatic nitrogens is 6. The fraction of sp³-hybridized carbons (Fsp3) is 0.429. The Hall–Kier alpha value is -2.62. The Balaban J connectivity index is 1.62. The van der Waals surface area contributed by atoms with Crippen LogP contribution in [0.4, 0.5) is 0 Å². The molecular formula is C14H17N7O2S. The molecule has 3 rings (SSSR count). The number of hydrogen-bond donors (Lipinski definition) is 1. The lowest BCUT2D eigenvalue weighted by atomic mass is 10.2. The second-order valence-electron chi connectivity index (χ2n) is 5.08. The minimum atomic E-state index is -0.230. The lowest BCUT2D eigenvalue weighted by Crippen LogP contribution is -2.23. The van der Waals surface area contributed by atoms with Crippen LogP contribution in [-0.4, -0.2) is 35.4 Å². The Morgan fingerprint density at radius 2 is 2.29 bits per heavy atom. The Labute approximate surface area is 142 Å². The van der Waals surface area contributed by atoms with Gasteiger partial charge in [-0.05, 0) is 24.9 Å². The number of rotatable bonds is 7. The molecule has 1 amide bonds. The summed E-state index contributed by atoms with van der Waals surface area (Å²) in [4.78, 5) is 17.0. The van der Waals surface area contributed by atoms with Crippen molar-refractivity contribution in [2.45, 2.75) is 39.8 Å². The quantitative estimate of drug-likeness (QED) is 0.692. The van der Waals surface area contributed by atoms with Crippen LogP contribution in [-0.2, 0) is 19.5 Å². The summed E-state index contributed by atoms with van der Waals surface area (Å²) in [5, 5.41) is 14.8. The van der Waals surface area contributed by atoms with Crippen molar-refractivity contribution in [2.24, 2.45) is 0 Å². The first-order chi connectivity index (χ1) is 11.7. The summed E-state index contributed by atoms with van der Waals surface area (Å²) in [5.74, 6) is 0.550. The van der Waals surface area contributed by atoms with Gasteiger partial charge in [0.2, 0.25) is 11.7 Å². The highest BCUT2D eigenvalue weighted by Gasteiger charge is 2.17. The normalized spacial score (nSPS) is 10.9. The molecule has 0 bridgehead atoms. The van der Waals surface area contributed by atoms with Crippen LogP contribution < -0.4 is 5.32 Å². The fourth-order valence-corrected chi connectivity index (χ4v) is 2.74. The van der Waals surface area contributed by atoms with Crippen LogP contribution in [0.5, 0.6) is 0 Å². The third-order valence-electron chi connectivity index (χ3n) is 3.33. The van der Waals surface area contributed by atoms with E-state index in [1.54, 1.807) is 10.9 Å². The van der Waals surface area contributed by atoms with Gasteiger partial charge < -0.3 is 9.84 Å². The van der Waals surface area contributed by atoms with Crippen molar-refractivity contribution in [1.82, 2.24) is 34.8 Å². The molecule has 0 aromatic carbocycles. The highest BCUT2D eigenvalue weighted by atomic mass is 32.1. The molecule has 0 radical (unpaired) electrons. The topological polar surface area (TPSA) is 112 Å². The zero-order chi connectivity index (χ0) is 16.9. The van der Waals surface area contributed by atoms with Crippen LogP contribution in [0.1, 0.15) is 41.5 Å². The monoisotopic (exact) mass is 347 g/mol. The number of nitrogens with zero attached hydrogens (tertiary/aromatic N) is 6. The van der Waals surface area contributed by atoms with Gasteiger partial charge in [-0.3, -0.25) is 9.48 Å². The molecule has 0 saturated heterocycles. The Bertz CT molecular complexity index is 823. The van der Waals surface area contributed by atoms with E-state index < -0.39 is 0 Å². The van der Waals surface area contributed by atoms with Crippen molar-refractivity contribution in [2.75, 3.05) is 0 Å². The lowest BCUT2D eigenvalue weighted by molar-refractivity contribution is 0.0949. The molecule has 24 heavy (non-hydrogen) atoms. The number of amides is 1. The minimum Gasteiger partial charge on any atom is -0.342 e. The van der Waals surface area contributed by atoms with E-state index in [1.807, 2.05) is 20.0 Å². The maximum absolute atomic E-state index is 12.2. The van der Waals surface area contributed by atoms with Crippen molar-refractivity contribution < 1.29 is 9.32 Å². The van der Waals surface area contributed by atoms with E-state index in [-0.39, 0.29) is 12.5 Å². The molecule has 1 N–H and O–H groups in total. The van der Waals surface area contributed by atoms with Gasteiger partial charge >= 0.3 is 0 Å². The Kier molecular flexibility index (Phi) is 4.94. The number of carbonyl (C=O) groups is 1. The smallest absolute Gasteiger partial charge is 0.265 e. The van der Waals surface area contributed by atoms with Gasteiger partial charge in [0.25, 0.3) is 5.91 Å². The first-order valence-electron chi connectivity index (χ1n) is 7.66. The number of hydrogen-bond acceptors (Lipinski definition) is 8. The van der Waals surface area contributed by atoms with E-state index in [0.717, 1.165) is 42.2 Å². The summed E-state index contributed by atoms with van der Waals surface area (Å²) in [6.45, 7) is 4.94. The summed E-state index contributed by atoms with van der Waals surface area (Å²) in [7, 11) is 0. The average molecular weight is 347 g/mol. The molecule has 0 spiro atoms. The van der Waals surface area contributed by atoms with E-state index in [4.69, 9.17) is 4.52 Å². The second-order valence-corrected chi connectivity index (χ2v) is 5.83. The molecule has 3 aromatic heterocycles. The van der Waals surface area contributed by atoms with Crippen molar-refractivity contribution in [3.8, 4) is 11.4 Å². The maximum atomic E-state index is 12.2. The number of nitrogens with one attached hydrogen (secondary N) is 1. The van der Waals surface area contributed by atoms with Gasteiger partial charge in [-0.2, -0.15) is 10.1 Å². The van der Waals surface area contributed by atoms with E-state index in [2.05, 4.69) is 30.1 Å². The van der Waals surface area contributed by atoms with Crippen molar-refractivity contribution in [3.63, 3.8) is 0 Å². The lowest BCUT2D eigenvalue weighted by Gasteiger charge is -2.00. The zero-order valence-corrected chi connectivity index (χ0v) is 14.2. The maximum Gasteiger partial charge on any atom is 0.265 e. The zero-order valence-electron chi connectivity index (χ0n) is 13.4. The third-order valence-corrected chi connectivity index (χ3v) is 4.10. The van der Waals surface area contributed by atoms with Crippen LogP contribution in [0.2, 0.25) is 0 Å². The molecule has 3 heterocycles. The molecule has 126 valence electrons. The van der Waals surface area contributed by atoms with Gasteiger partial charge in [0.05, 0.1) is 24.0 Å². The Morgan fingerprint density at radius 1 is 1.42 bits per heavy atom. The van der Waals surface area contributed by atoms with Crippen molar-refractivity contribution >= 4 is 17.4 Å².